The molecule has 3 rings (SSSR count). The van der Waals surface area contributed by atoms with E-state index in [-0.39, 0.29) is 11.3 Å². The first-order chi connectivity index (χ1) is 11.4. The number of halogens is 2. The van der Waals surface area contributed by atoms with Gasteiger partial charge in [-0.15, -0.1) is 0 Å². The first kappa shape index (κ1) is 16.5. The van der Waals surface area contributed by atoms with Crippen LogP contribution in [0.2, 0.25) is 0 Å². The highest BCUT2D eigenvalue weighted by molar-refractivity contribution is 5.24. The van der Waals surface area contributed by atoms with Gasteiger partial charge in [-0.3, -0.25) is 19.7 Å². The van der Waals surface area contributed by atoms with Gasteiger partial charge in [-0.05, 0) is 24.6 Å². The predicted octanol–water partition coefficient (Wildman–Crippen LogP) is 1.88. The Morgan fingerprint density at radius 1 is 1.38 bits per heavy atom. The summed E-state index contributed by atoms with van der Waals surface area (Å²) in [6.07, 6.45) is 2.14. The molecular weight excluding hydrogens is 322 g/mol. The van der Waals surface area contributed by atoms with Gasteiger partial charge in [-0.2, -0.15) is 5.10 Å². The van der Waals surface area contributed by atoms with E-state index in [9.17, 15) is 24.0 Å². The molecule has 1 aliphatic heterocycles. The molecule has 1 aromatic heterocycles. The van der Waals surface area contributed by atoms with E-state index in [2.05, 4.69) is 5.10 Å². The van der Waals surface area contributed by atoms with Gasteiger partial charge in [0.15, 0.2) is 0 Å². The summed E-state index contributed by atoms with van der Waals surface area (Å²) in [7, 11) is 0. The van der Waals surface area contributed by atoms with Crippen LogP contribution < -0.4 is 0 Å². The van der Waals surface area contributed by atoms with E-state index in [4.69, 9.17) is 0 Å². The second-order valence-corrected chi connectivity index (χ2v) is 5.78. The zero-order valence-corrected chi connectivity index (χ0v) is 12.7. The molecule has 2 aromatic rings. The Morgan fingerprint density at radius 3 is 2.88 bits per heavy atom. The lowest BCUT2D eigenvalue weighted by molar-refractivity contribution is -0.385. The normalized spacial score (nSPS) is 21.3. The average Bonchev–Trinajstić information content (AvgIpc) is 3.14. The van der Waals surface area contributed by atoms with Crippen molar-refractivity contribution in [1.82, 2.24) is 14.7 Å². The molecular formula is C15H16F2N4O3. The molecule has 2 atom stereocenters. The van der Waals surface area contributed by atoms with Gasteiger partial charge in [0.1, 0.15) is 24.0 Å². The van der Waals surface area contributed by atoms with Crippen LogP contribution in [0.1, 0.15) is 18.0 Å². The quantitative estimate of drug-likeness (QED) is 0.665. The topological polar surface area (TPSA) is 84.4 Å². The summed E-state index contributed by atoms with van der Waals surface area (Å²) in [5.41, 5.74) is 0.0992. The maximum atomic E-state index is 14.0. The first-order valence-electron chi connectivity index (χ1n) is 7.48. The number of hydrogen-bond donors (Lipinski definition) is 1. The van der Waals surface area contributed by atoms with Crippen LogP contribution in [0.25, 0.3) is 0 Å². The maximum absolute atomic E-state index is 14.0. The highest BCUT2D eigenvalue weighted by atomic mass is 19.1. The van der Waals surface area contributed by atoms with Crippen LogP contribution in [0.5, 0.6) is 0 Å². The highest BCUT2D eigenvalue weighted by Crippen LogP contribution is 2.33. The number of aliphatic hydroxyl groups is 1. The summed E-state index contributed by atoms with van der Waals surface area (Å²) in [5.74, 6) is -1.05. The number of nitro groups is 1. The van der Waals surface area contributed by atoms with Crippen LogP contribution in [0, 0.1) is 21.7 Å². The Labute approximate surface area is 136 Å². The maximum Gasteiger partial charge on any atom is 0.306 e. The standard InChI is InChI=1S/C15H16F2N4O3/c16-10-1-2-14(17)13(5-10)15-6-12(22)9-19(15)3-4-20-8-11(7-18-20)21(23)24/h1-2,5,7-8,12,15,22H,3-4,6,9H2/t12-,15+/m0/s1. The van der Waals surface area contributed by atoms with Gasteiger partial charge in [0.25, 0.3) is 0 Å². The number of hydrogen-bond acceptors (Lipinski definition) is 5. The van der Waals surface area contributed by atoms with Crippen LogP contribution in [-0.2, 0) is 6.54 Å². The van der Waals surface area contributed by atoms with Crippen LogP contribution in [0.15, 0.2) is 30.6 Å². The highest BCUT2D eigenvalue weighted by Gasteiger charge is 2.33. The third-order valence-corrected chi connectivity index (χ3v) is 4.15. The lowest BCUT2D eigenvalue weighted by Crippen LogP contribution is -2.29. The second kappa shape index (κ2) is 6.62. The Balaban J connectivity index is 1.73. The van der Waals surface area contributed by atoms with Crippen molar-refractivity contribution in [3.8, 4) is 0 Å². The molecule has 1 N–H and O–H groups in total. The molecule has 24 heavy (non-hydrogen) atoms. The molecule has 1 aliphatic rings. The summed E-state index contributed by atoms with van der Waals surface area (Å²) in [4.78, 5) is 12.0. The monoisotopic (exact) mass is 338 g/mol. The van der Waals surface area contributed by atoms with Gasteiger partial charge in [-0.1, -0.05) is 0 Å². The molecule has 7 nitrogen and oxygen atoms in total. The third kappa shape index (κ3) is 3.41. The molecule has 0 bridgehead atoms. The number of β-amino-alcohol motifs (C(OH)–C–C–N with tert-alkyl or cyclic N) is 1. The van der Waals surface area contributed by atoms with Gasteiger partial charge in [0, 0.05) is 24.7 Å². The van der Waals surface area contributed by atoms with E-state index in [1.807, 2.05) is 4.90 Å². The molecule has 0 amide bonds. The van der Waals surface area contributed by atoms with Crippen LogP contribution in [-0.4, -0.2) is 43.9 Å². The fourth-order valence-electron chi connectivity index (χ4n) is 3.02. The van der Waals surface area contributed by atoms with Gasteiger partial charge < -0.3 is 5.11 Å². The Kier molecular flexibility index (Phi) is 4.54. The lowest BCUT2D eigenvalue weighted by Gasteiger charge is -2.24. The zero-order valence-electron chi connectivity index (χ0n) is 12.7. The fourth-order valence-corrected chi connectivity index (χ4v) is 3.02. The summed E-state index contributed by atoms with van der Waals surface area (Å²) >= 11 is 0. The molecule has 0 spiro atoms. The van der Waals surface area contributed by atoms with Crippen molar-refractivity contribution in [2.75, 3.05) is 13.1 Å². The molecule has 0 saturated carbocycles. The minimum atomic E-state index is -0.635. The number of nitrogens with zero attached hydrogens (tertiary/aromatic N) is 4. The van der Waals surface area contributed by atoms with Crippen LogP contribution in [0.4, 0.5) is 14.5 Å². The van der Waals surface area contributed by atoms with E-state index >= 15 is 0 Å². The number of aromatic nitrogens is 2. The first-order valence-corrected chi connectivity index (χ1v) is 7.48. The summed E-state index contributed by atoms with van der Waals surface area (Å²) in [6, 6.07) is 2.83. The number of likely N-dealkylation sites (tertiary alicyclic amines) is 1. The molecule has 0 radical (unpaired) electrons. The minimum absolute atomic E-state index is 0.107. The average molecular weight is 338 g/mol. The van der Waals surface area contributed by atoms with E-state index in [0.29, 0.717) is 26.1 Å². The smallest absolute Gasteiger partial charge is 0.306 e. The van der Waals surface area contributed by atoms with Gasteiger partial charge in [0.2, 0.25) is 0 Å². The second-order valence-electron chi connectivity index (χ2n) is 5.78. The molecule has 128 valence electrons. The van der Waals surface area contributed by atoms with E-state index in [1.54, 1.807) is 0 Å². The minimum Gasteiger partial charge on any atom is -0.392 e. The van der Waals surface area contributed by atoms with Crippen LogP contribution >= 0.6 is 0 Å². The molecule has 2 heterocycles. The van der Waals surface area contributed by atoms with Crippen molar-refractivity contribution in [3.05, 3.63) is 57.9 Å². The van der Waals surface area contributed by atoms with Crippen molar-refractivity contribution in [1.29, 1.82) is 0 Å². The lowest BCUT2D eigenvalue weighted by atomic mass is 10.0. The summed E-state index contributed by atoms with van der Waals surface area (Å²) in [5, 5.41) is 24.5. The molecule has 0 unspecified atom stereocenters. The predicted molar refractivity (Wildman–Crippen MR) is 80.2 cm³/mol. The van der Waals surface area contributed by atoms with E-state index in [0.717, 1.165) is 24.4 Å². The van der Waals surface area contributed by atoms with Crippen molar-refractivity contribution < 1.29 is 18.8 Å². The van der Waals surface area contributed by atoms with Crippen molar-refractivity contribution >= 4 is 5.69 Å². The Bertz CT molecular complexity index is 752. The van der Waals surface area contributed by atoms with E-state index < -0.39 is 28.7 Å². The Morgan fingerprint density at radius 2 is 2.17 bits per heavy atom. The van der Waals surface area contributed by atoms with E-state index in [1.165, 1.54) is 10.9 Å². The summed E-state index contributed by atoms with van der Waals surface area (Å²) < 4.78 is 28.9. The molecule has 1 saturated heterocycles. The number of rotatable bonds is 5. The zero-order chi connectivity index (χ0) is 17.3. The van der Waals surface area contributed by atoms with Gasteiger partial charge >= 0.3 is 5.69 Å². The van der Waals surface area contributed by atoms with Crippen LogP contribution in [0.3, 0.4) is 0 Å². The number of aliphatic hydroxyl groups excluding tert-OH is 1. The molecule has 1 fully saturated rings. The van der Waals surface area contributed by atoms with Gasteiger partial charge in [0.05, 0.1) is 17.6 Å². The SMILES string of the molecule is O=[N+]([O-])c1cnn(CCN2C[C@@H](O)C[C@@H]2c2cc(F)ccc2F)c1. The van der Waals surface area contributed by atoms with Crippen molar-refractivity contribution in [2.24, 2.45) is 0 Å². The third-order valence-electron chi connectivity index (χ3n) is 4.15. The largest absolute Gasteiger partial charge is 0.392 e. The molecule has 9 heteroatoms. The van der Waals surface area contributed by atoms with Gasteiger partial charge in [-0.25, -0.2) is 8.78 Å². The Hall–Kier alpha value is -2.39. The molecule has 1 aromatic carbocycles. The fraction of sp³-hybridized carbons (Fsp3) is 0.400. The summed E-state index contributed by atoms with van der Waals surface area (Å²) in [6.45, 7) is 1.06. The van der Waals surface area contributed by atoms with Crippen molar-refractivity contribution in [3.63, 3.8) is 0 Å². The van der Waals surface area contributed by atoms with Crippen molar-refractivity contribution in [2.45, 2.75) is 25.1 Å². The molecule has 0 aliphatic carbocycles. The number of benzene rings is 1.